The van der Waals surface area contributed by atoms with Crippen molar-refractivity contribution in [2.75, 3.05) is 7.11 Å². The second-order valence-electron chi connectivity index (χ2n) is 5.26. The average molecular weight is 286 g/mol. The predicted molar refractivity (Wildman–Crippen MR) is 83.7 cm³/mol. The third-order valence-electron chi connectivity index (χ3n) is 3.59. The molecule has 0 saturated heterocycles. The number of nitrogens with one attached hydrogen (secondary N) is 1. The Morgan fingerprint density at radius 2 is 2.14 bits per heavy atom. The van der Waals surface area contributed by atoms with Crippen LogP contribution < -0.4 is 10.1 Å². The van der Waals surface area contributed by atoms with Crippen molar-refractivity contribution in [1.82, 2.24) is 9.88 Å². The number of hydrogen-bond donors (Lipinski definition) is 1. The highest BCUT2D eigenvalue weighted by Gasteiger charge is 2.11. The van der Waals surface area contributed by atoms with Crippen LogP contribution in [0.4, 0.5) is 0 Å². The summed E-state index contributed by atoms with van der Waals surface area (Å²) < 4.78 is 7.24. The van der Waals surface area contributed by atoms with Gasteiger partial charge in [0.05, 0.1) is 7.11 Å². The summed E-state index contributed by atoms with van der Waals surface area (Å²) in [5.41, 5.74) is 1.90. The highest BCUT2D eigenvalue weighted by Crippen LogP contribution is 2.13. The van der Waals surface area contributed by atoms with Crippen molar-refractivity contribution in [3.63, 3.8) is 0 Å². The molecule has 2 rings (SSSR count). The quantitative estimate of drug-likeness (QED) is 0.887. The number of hydrogen-bond acceptors (Lipinski definition) is 2. The van der Waals surface area contributed by atoms with Crippen LogP contribution in [0.5, 0.6) is 5.75 Å². The van der Waals surface area contributed by atoms with E-state index >= 15 is 0 Å². The summed E-state index contributed by atoms with van der Waals surface area (Å²) in [6.07, 6.45) is 3.89. The zero-order valence-corrected chi connectivity index (χ0v) is 12.8. The molecule has 2 aromatic rings. The predicted octanol–water partition coefficient (Wildman–Crippen LogP) is 2.78. The molecule has 1 aromatic heterocycles. The van der Waals surface area contributed by atoms with Crippen LogP contribution in [0.1, 0.15) is 29.4 Å². The number of methoxy groups -OCH3 is 1. The van der Waals surface area contributed by atoms with Gasteiger partial charge in [-0.2, -0.15) is 0 Å². The lowest BCUT2D eigenvalue weighted by molar-refractivity contribution is 0.0938. The van der Waals surface area contributed by atoms with E-state index in [-0.39, 0.29) is 11.9 Å². The lowest BCUT2D eigenvalue weighted by Gasteiger charge is -2.14. The standard InChI is InChI=1S/C17H22N2O2/c1-13(9-10-15-7-5-11-19(15)2)18-17(20)14-6-4-8-16(12-14)21-3/h4-8,11-13H,9-10H2,1-3H3,(H,18,20)/t13-/m1/s1. The summed E-state index contributed by atoms with van der Waals surface area (Å²) >= 11 is 0. The number of carbonyl (C=O) groups is 1. The molecule has 112 valence electrons. The van der Waals surface area contributed by atoms with Crippen molar-refractivity contribution in [2.45, 2.75) is 25.8 Å². The molecule has 0 bridgehead atoms. The van der Waals surface area contributed by atoms with Gasteiger partial charge >= 0.3 is 0 Å². The highest BCUT2D eigenvalue weighted by molar-refractivity contribution is 5.94. The van der Waals surface area contributed by atoms with Crippen molar-refractivity contribution >= 4 is 5.91 Å². The fraction of sp³-hybridized carbons (Fsp3) is 0.353. The van der Waals surface area contributed by atoms with Crippen LogP contribution in [0.15, 0.2) is 42.6 Å². The Morgan fingerprint density at radius 3 is 2.81 bits per heavy atom. The number of ether oxygens (including phenoxy) is 1. The molecule has 0 aliphatic heterocycles. The maximum atomic E-state index is 12.2. The van der Waals surface area contributed by atoms with Crippen LogP contribution in [0.25, 0.3) is 0 Å². The molecule has 1 heterocycles. The smallest absolute Gasteiger partial charge is 0.251 e. The van der Waals surface area contributed by atoms with Gasteiger partial charge in [-0.15, -0.1) is 0 Å². The number of nitrogens with zero attached hydrogens (tertiary/aromatic N) is 1. The van der Waals surface area contributed by atoms with Crippen molar-refractivity contribution < 1.29 is 9.53 Å². The SMILES string of the molecule is COc1cccc(C(=O)N[C@H](C)CCc2cccn2C)c1. The molecule has 0 aliphatic carbocycles. The number of carbonyl (C=O) groups excluding carboxylic acids is 1. The molecule has 0 radical (unpaired) electrons. The molecule has 1 N–H and O–H groups in total. The molecule has 0 aliphatic rings. The molecule has 0 unspecified atom stereocenters. The van der Waals surface area contributed by atoms with E-state index in [9.17, 15) is 4.79 Å². The Bertz CT molecular complexity index is 604. The Morgan fingerprint density at radius 1 is 1.33 bits per heavy atom. The zero-order valence-electron chi connectivity index (χ0n) is 12.8. The number of amides is 1. The Kier molecular flexibility index (Phi) is 5.04. The van der Waals surface area contributed by atoms with Gasteiger partial charge in [0.1, 0.15) is 5.75 Å². The van der Waals surface area contributed by atoms with E-state index in [1.807, 2.05) is 38.4 Å². The molecular weight excluding hydrogens is 264 g/mol. The fourth-order valence-electron chi connectivity index (χ4n) is 2.26. The molecule has 1 atom stereocenters. The fourth-order valence-corrected chi connectivity index (χ4v) is 2.26. The van der Waals surface area contributed by atoms with E-state index in [4.69, 9.17) is 4.74 Å². The number of aryl methyl sites for hydroxylation is 2. The third-order valence-corrected chi connectivity index (χ3v) is 3.59. The van der Waals surface area contributed by atoms with E-state index in [0.717, 1.165) is 12.8 Å². The van der Waals surface area contributed by atoms with E-state index in [2.05, 4.69) is 16.0 Å². The molecule has 21 heavy (non-hydrogen) atoms. The first kappa shape index (κ1) is 15.2. The van der Waals surface area contributed by atoms with E-state index in [0.29, 0.717) is 11.3 Å². The average Bonchev–Trinajstić information content (AvgIpc) is 2.90. The Balaban J connectivity index is 1.88. The van der Waals surface area contributed by atoms with Gasteiger partial charge in [0.2, 0.25) is 0 Å². The second kappa shape index (κ2) is 6.97. The lowest BCUT2D eigenvalue weighted by atomic mass is 10.1. The van der Waals surface area contributed by atoms with Crippen LogP contribution in [0, 0.1) is 0 Å². The summed E-state index contributed by atoms with van der Waals surface area (Å²) in [4.78, 5) is 12.2. The molecule has 0 fully saturated rings. The Labute approximate surface area is 125 Å². The molecule has 0 saturated carbocycles. The minimum Gasteiger partial charge on any atom is -0.497 e. The van der Waals surface area contributed by atoms with Crippen LogP contribution in [0.3, 0.4) is 0 Å². The van der Waals surface area contributed by atoms with Gasteiger partial charge in [0, 0.05) is 30.5 Å². The summed E-state index contributed by atoms with van der Waals surface area (Å²) in [7, 11) is 3.63. The van der Waals surface area contributed by atoms with Gasteiger partial charge < -0.3 is 14.6 Å². The van der Waals surface area contributed by atoms with E-state index in [1.165, 1.54) is 5.69 Å². The summed E-state index contributed by atoms with van der Waals surface area (Å²) in [5, 5.41) is 3.03. The zero-order chi connectivity index (χ0) is 15.2. The monoisotopic (exact) mass is 286 g/mol. The van der Waals surface area contributed by atoms with Crippen LogP contribution in [0.2, 0.25) is 0 Å². The summed E-state index contributed by atoms with van der Waals surface area (Å²) in [5.74, 6) is 0.632. The van der Waals surface area contributed by atoms with Gasteiger partial charge in [-0.3, -0.25) is 4.79 Å². The van der Waals surface area contributed by atoms with Gasteiger partial charge in [0.15, 0.2) is 0 Å². The largest absolute Gasteiger partial charge is 0.497 e. The molecule has 4 nitrogen and oxygen atoms in total. The molecule has 1 aromatic carbocycles. The third kappa shape index (κ3) is 4.12. The minimum absolute atomic E-state index is 0.0618. The normalized spacial score (nSPS) is 12.0. The first-order valence-corrected chi connectivity index (χ1v) is 7.15. The summed E-state index contributed by atoms with van der Waals surface area (Å²) in [6.45, 7) is 2.03. The molecule has 0 spiro atoms. The van der Waals surface area contributed by atoms with Crippen molar-refractivity contribution in [2.24, 2.45) is 7.05 Å². The number of aromatic nitrogens is 1. The lowest BCUT2D eigenvalue weighted by Crippen LogP contribution is -2.33. The summed E-state index contributed by atoms with van der Waals surface area (Å²) in [6, 6.07) is 11.5. The maximum absolute atomic E-state index is 12.2. The van der Waals surface area contributed by atoms with Crippen LogP contribution >= 0.6 is 0 Å². The van der Waals surface area contributed by atoms with Crippen LogP contribution in [-0.2, 0) is 13.5 Å². The van der Waals surface area contributed by atoms with Gasteiger partial charge in [-0.05, 0) is 50.1 Å². The molecule has 4 heteroatoms. The molecule has 1 amide bonds. The number of rotatable bonds is 6. The Hall–Kier alpha value is -2.23. The maximum Gasteiger partial charge on any atom is 0.251 e. The van der Waals surface area contributed by atoms with Crippen molar-refractivity contribution in [3.8, 4) is 5.75 Å². The first-order chi connectivity index (χ1) is 10.1. The highest BCUT2D eigenvalue weighted by atomic mass is 16.5. The van der Waals surface area contributed by atoms with Crippen LogP contribution in [-0.4, -0.2) is 23.6 Å². The van der Waals surface area contributed by atoms with Gasteiger partial charge in [-0.25, -0.2) is 0 Å². The minimum atomic E-state index is -0.0618. The number of benzene rings is 1. The van der Waals surface area contributed by atoms with Crippen molar-refractivity contribution in [1.29, 1.82) is 0 Å². The van der Waals surface area contributed by atoms with E-state index in [1.54, 1.807) is 19.2 Å². The first-order valence-electron chi connectivity index (χ1n) is 7.15. The van der Waals surface area contributed by atoms with Gasteiger partial charge in [-0.1, -0.05) is 6.07 Å². The van der Waals surface area contributed by atoms with Gasteiger partial charge in [0.25, 0.3) is 5.91 Å². The topological polar surface area (TPSA) is 43.3 Å². The van der Waals surface area contributed by atoms with Crippen molar-refractivity contribution in [3.05, 3.63) is 53.9 Å². The second-order valence-corrected chi connectivity index (χ2v) is 5.26. The molecular formula is C17H22N2O2. The van der Waals surface area contributed by atoms with E-state index < -0.39 is 0 Å².